The Morgan fingerprint density at radius 1 is 1.24 bits per heavy atom. The van der Waals surface area contributed by atoms with Gasteiger partial charge in [0.05, 0.1) is 23.9 Å². The lowest BCUT2D eigenvalue weighted by Crippen LogP contribution is -2.24. The second-order valence-corrected chi connectivity index (χ2v) is 8.69. The van der Waals surface area contributed by atoms with Crippen molar-refractivity contribution >= 4 is 39.1 Å². The normalized spacial score (nSPS) is 11.3. The SMILES string of the molecule is Cc1sc2nc(SCC(=O)c3ccc(F)cc3)n(Cc3ccco3)c(=O)c2c1C. The van der Waals surface area contributed by atoms with Crippen molar-refractivity contribution in [3.05, 3.63) is 80.6 Å². The molecule has 0 amide bonds. The lowest BCUT2D eigenvalue weighted by atomic mass is 10.1. The summed E-state index contributed by atoms with van der Waals surface area (Å²) in [5.41, 5.74) is 1.20. The van der Waals surface area contributed by atoms with Gasteiger partial charge in [0, 0.05) is 10.4 Å². The highest BCUT2D eigenvalue weighted by molar-refractivity contribution is 7.99. The molecule has 0 spiro atoms. The number of benzene rings is 1. The van der Waals surface area contributed by atoms with E-state index in [4.69, 9.17) is 4.42 Å². The Morgan fingerprint density at radius 3 is 2.69 bits per heavy atom. The molecule has 0 fully saturated rings. The number of ketones is 1. The standard InChI is InChI=1S/C21H17FN2O3S2/c1-12-13(2)29-19-18(12)20(26)24(10-16-4-3-9-27-16)21(23-19)28-11-17(25)14-5-7-15(22)8-6-14/h3-9H,10-11H2,1-2H3. The van der Waals surface area contributed by atoms with Crippen molar-refractivity contribution in [1.29, 1.82) is 0 Å². The lowest BCUT2D eigenvalue weighted by molar-refractivity contribution is 0.102. The summed E-state index contributed by atoms with van der Waals surface area (Å²) in [5, 5.41) is 1.06. The molecule has 3 aromatic heterocycles. The summed E-state index contributed by atoms with van der Waals surface area (Å²) in [4.78, 5) is 32.1. The van der Waals surface area contributed by atoms with Crippen LogP contribution in [0, 0.1) is 19.7 Å². The molecule has 0 atom stereocenters. The fourth-order valence-corrected chi connectivity index (χ4v) is 4.93. The van der Waals surface area contributed by atoms with Crippen LogP contribution in [0.15, 0.2) is 57.0 Å². The smallest absolute Gasteiger partial charge is 0.263 e. The number of thioether (sulfide) groups is 1. The lowest BCUT2D eigenvalue weighted by Gasteiger charge is -2.11. The van der Waals surface area contributed by atoms with Gasteiger partial charge >= 0.3 is 0 Å². The number of hydrogen-bond acceptors (Lipinski definition) is 6. The zero-order valence-corrected chi connectivity index (χ0v) is 17.4. The highest BCUT2D eigenvalue weighted by atomic mass is 32.2. The van der Waals surface area contributed by atoms with Crippen molar-refractivity contribution in [2.75, 3.05) is 5.75 Å². The van der Waals surface area contributed by atoms with E-state index in [9.17, 15) is 14.0 Å². The highest BCUT2D eigenvalue weighted by Crippen LogP contribution is 2.29. The van der Waals surface area contributed by atoms with Gasteiger partial charge in [-0.1, -0.05) is 11.8 Å². The number of carbonyl (C=O) groups excluding carboxylic acids is 1. The van der Waals surface area contributed by atoms with Crippen molar-refractivity contribution in [2.45, 2.75) is 25.5 Å². The monoisotopic (exact) mass is 428 g/mol. The Balaban J connectivity index is 1.70. The molecule has 0 bridgehead atoms. The van der Waals surface area contributed by atoms with Crippen LogP contribution in [0.3, 0.4) is 0 Å². The van der Waals surface area contributed by atoms with E-state index in [-0.39, 0.29) is 23.6 Å². The number of halogens is 1. The molecule has 3 heterocycles. The van der Waals surface area contributed by atoms with E-state index in [1.54, 1.807) is 23.0 Å². The van der Waals surface area contributed by atoms with Crippen LogP contribution in [0.25, 0.3) is 10.2 Å². The van der Waals surface area contributed by atoms with Gasteiger partial charge in [-0.15, -0.1) is 11.3 Å². The maximum absolute atomic E-state index is 13.2. The Labute approximate surface area is 174 Å². The number of carbonyl (C=O) groups is 1. The molecule has 0 aliphatic heterocycles. The van der Waals surface area contributed by atoms with Crippen LogP contribution in [-0.4, -0.2) is 21.1 Å². The summed E-state index contributed by atoms with van der Waals surface area (Å²) in [5.74, 6) is 0.166. The number of nitrogens with zero attached hydrogens (tertiary/aromatic N) is 2. The predicted octanol–water partition coefficient (Wildman–Crippen LogP) is 4.83. The number of aromatic nitrogens is 2. The average molecular weight is 429 g/mol. The van der Waals surface area contributed by atoms with Gasteiger partial charge < -0.3 is 4.42 Å². The molecule has 0 aliphatic rings. The van der Waals surface area contributed by atoms with Gasteiger partial charge in [0.1, 0.15) is 16.4 Å². The maximum Gasteiger partial charge on any atom is 0.263 e. The molecule has 0 saturated heterocycles. The Kier molecular flexibility index (Phi) is 5.38. The molecule has 0 radical (unpaired) electrons. The van der Waals surface area contributed by atoms with Crippen LogP contribution in [0.4, 0.5) is 4.39 Å². The minimum atomic E-state index is -0.392. The van der Waals surface area contributed by atoms with Crippen LogP contribution < -0.4 is 5.56 Å². The first-order valence-corrected chi connectivity index (χ1v) is 10.7. The van der Waals surface area contributed by atoms with Crippen molar-refractivity contribution in [2.24, 2.45) is 0 Å². The Hall–Kier alpha value is -2.71. The number of fused-ring (bicyclic) bond motifs is 1. The average Bonchev–Trinajstić information content (AvgIpc) is 3.31. The van der Waals surface area contributed by atoms with Gasteiger partial charge in [0.25, 0.3) is 5.56 Å². The summed E-state index contributed by atoms with van der Waals surface area (Å²) < 4.78 is 20.0. The number of Topliss-reactive ketones (excluding diaryl/α,β-unsaturated/α-hetero) is 1. The third-order valence-electron chi connectivity index (χ3n) is 4.65. The molecule has 0 N–H and O–H groups in total. The summed E-state index contributed by atoms with van der Waals surface area (Å²) in [6.45, 7) is 4.11. The quantitative estimate of drug-likeness (QED) is 0.250. The maximum atomic E-state index is 13.2. The van der Waals surface area contributed by atoms with Gasteiger partial charge in [0.15, 0.2) is 10.9 Å². The van der Waals surface area contributed by atoms with Gasteiger partial charge in [0.2, 0.25) is 0 Å². The van der Waals surface area contributed by atoms with E-state index < -0.39 is 5.82 Å². The van der Waals surface area contributed by atoms with Gasteiger partial charge in [-0.25, -0.2) is 9.37 Å². The van der Waals surface area contributed by atoms with Crippen molar-refractivity contribution in [1.82, 2.24) is 9.55 Å². The topological polar surface area (TPSA) is 65.1 Å². The molecule has 4 rings (SSSR count). The van der Waals surface area contributed by atoms with E-state index in [2.05, 4.69) is 4.98 Å². The third kappa shape index (κ3) is 3.90. The van der Waals surface area contributed by atoms with Gasteiger partial charge in [-0.05, 0) is 55.8 Å². The Bertz CT molecular complexity index is 1240. The number of aryl methyl sites for hydroxylation is 2. The second-order valence-electron chi connectivity index (χ2n) is 6.55. The molecule has 29 heavy (non-hydrogen) atoms. The van der Waals surface area contributed by atoms with Crippen LogP contribution in [-0.2, 0) is 6.54 Å². The van der Waals surface area contributed by atoms with E-state index >= 15 is 0 Å². The van der Waals surface area contributed by atoms with Crippen LogP contribution in [0.5, 0.6) is 0 Å². The molecule has 8 heteroatoms. The predicted molar refractivity (Wildman–Crippen MR) is 113 cm³/mol. The fraction of sp³-hybridized carbons (Fsp3) is 0.190. The number of hydrogen-bond donors (Lipinski definition) is 0. The second kappa shape index (κ2) is 7.96. The van der Waals surface area contributed by atoms with E-state index in [0.717, 1.165) is 10.4 Å². The zero-order valence-electron chi connectivity index (χ0n) is 15.8. The van der Waals surface area contributed by atoms with Gasteiger partial charge in [-0.3, -0.25) is 14.2 Å². The van der Waals surface area contributed by atoms with Crippen LogP contribution in [0.1, 0.15) is 26.6 Å². The molecule has 1 aromatic carbocycles. The first kappa shape index (κ1) is 19.6. The highest BCUT2D eigenvalue weighted by Gasteiger charge is 2.19. The minimum absolute atomic E-state index is 0.0884. The summed E-state index contributed by atoms with van der Waals surface area (Å²) >= 11 is 2.66. The van der Waals surface area contributed by atoms with Gasteiger partial charge in [-0.2, -0.15) is 0 Å². The summed E-state index contributed by atoms with van der Waals surface area (Å²) in [6, 6.07) is 8.98. The minimum Gasteiger partial charge on any atom is -0.467 e. The molecular formula is C21H17FN2O3S2. The molecule has 0 unspecified atom stereocenters. The van der Waals surface area contributed by atoms with Crippen LogP contribution >= 0.6 is 23.1 Å². The summed E-state index contributed by atoms with van der Waals surface area (Å²) in [6.07, 6.45) is 1.55. The molecule has 5 nitrogen and oxygen atoms in total. The fourth-order valence-electron chi connectivity index (χ4n) is 2.97. The number of thiophene rings is 1. The van der Waals surface area contributed by atoms with Crippen LogP contribution in [0.2, 0.25) is 0 Å². The summed E-state index contributed by atoms with van der Waals surface area (Å²) in [7, 11) is 0. The molecular weight excluding hydrogens is 411 g/mol. The van der Waals surface area contributed by atoms with Crippen molar-refractivity contribution in [3.63, 3.8) is 0 Å². The molecule has 0 aliphatic carbocycles. The Morgan fingerprint density at radius 2 is 2.00 bits per heavy atom. The van der Waals surface area contributed by atoms with Crippen molar-refractivity contribution < 1.29 is 13.6 Å². The molecule has 0 saturated carbocycles. The number of furan rings is 1. The third-order valence-corrected chi connectivity index (χ3v) is 6.72. The molecule has 4 aromatic rings. The van der Waals surface area contributed by atoms with Crippen molar-refractivity contribution in [3.8, 4) is 0 Å². The largest absolute Gasteiger partial charge is 0.467 e. The zero-order chi connectivity index (χ0) is 20.5. The molecule has 148 valence electrons. The van der Waals surface area contributed by atoms with E-state index in [1.807, 2.05) is 13.8 Å². The first-order valence-electron chi connectivity index (χ1n) is 8.88. The first-order chi connectivity index (χ1) is 13.9. The van der Waals surface area contributed by atoms with E-state index in [1.165, 1.54) is 47.4 Å². The van der Waals surface area contributed by atoms with E-state index in [0.29, 0.717) is 26.7 Å². The number of rotatable bonds is 6.